The maximum atomic E-state index is 11.1. The van der Waals surface area contributed by atoms with Crippen molar-refractivity contribution in [2.45, 2.75) is 12.5 Å². The molecule has 1 aromatic rings. The molecule has 1 aromatic carbocycles. The molecule has 0 heterocycles. The van der Waals surface area contributed by atoms with Crippen LogP contribution < -0.4 is 0 Å². The Hall–Kier alpha value is -1.68. The van der Waals surface area contributed by atoms with Crippen molar-refractivity contribution in [2.75, 3.05) is 0 Å². The molecule has 0 fully saturated rings. The number of carbonyl (C=O) groups excluding carboxylic acids is 1. The predicted octanol–water partition coefficient (Wildman–Crippen LogP) is 0.548. The van der Waals surface area contributed by atoms with Crippen LogP contribution in [0.4, 0.5) is 0 Å². The summed E-state index contributed by atoms with van der Waals surface area (Å²) in [5.41, 5.74) is -1.69. The van der Waals surface area contributed by atoms with Crippen LogP contribution in [0.25, 0.3) is 0 Å². The van der Waals surface area contributed by atoms with Crippen LogP contribution >= 0.6 is 0 Å². The van der Waals surface area contributed by atoms with Crippen molar-refractivity contribution in [1.29, 1.82) is 0 Å². The predicted molar refractivity (Wildman–Crippen MR) is 48.7 cm³/mol. The van der Waals surface area contributed by atoms with E-state index in [1.165, 1.54) is 19.1 Å². The number of carbonyl (C=O) groups is 2. The van der Waals surface area contributed by atoms with Crippen LogP contribution in [0.3, 0.4) is 0 Å². The van der Waals surface area contributed by atoms with Gasteiger partial charge in [-0.15, -0.1) is 0 Å². The van der Waals surface area contributed by atoms with E-state index in [2.05, 4.69) is 0 Å². The van der Waals surface area contributed by atoms with Crippen LogP contribution in [0.2, 0.25) is 0 Å². The summed E-state index contributed by atoms with van der Waals surface area (Å²) in [5, 5.41) is 18.2. The van der Waals surface area contributed by atoms with Crippen molar-refractivity contribution >= 4 is 11.8 Å². The van der Waals surface area contributed by atoms with Crippen LogP contribution in [0.1, 0.15) is 12.5 Å². The van der Waals surface area contributed by atoms with Crippen molar-refractivity contribution in [3.63, 3.8) is 0 Å². The Kier molecular flexibility index (Phi) is 2.67. The van der Waals surface area contributed by atoms with Gasteiger partial charge in [-0.2, -0.15) is 0 Å². The van der Waals surface area contributed by atoms with Gasteiger partial charge in [-0.3, -0.25) is 4.79 Å². The zero-order chi connectivity index (χ0) is 10.8. The van der Waals surface area contributed by atoms with E-state index < -0.39 is 17.4 Å². The molecular formula is C10H10O4. The Labute approximate surface area is 80.8 Å². The molecule has 0 bridgehead atoms. The molecule has 0 amide bonds. The molecule has 0 aliphatic carbocycles. The number of ketones is 1. The summed E-state index contributed by atoms with van der Waals surface area (Å²) in [5.74, 6) is -2.87. The molecular weight excluding hydrogens is 184 g/mol. The SMILES string of the molecule is CC(O)(C(=O)C(=O)O)c1ccccc1. The van der Waals surface area contributed by atoms with Crippen LogP contribution in [0, 0.1) is 0 Å². The van der Waals surface area contributed by atoms with Crippen molar-refractivity contribution < 1.29 is 19.8 Å². The lowest BCUT2D eigenvalue weighted by Crippen LogP contribution is -2.37. The maximum absolute atomic E-state index is 11.1. The van der Waals surface area contributed by atoms with E-state index in [1.54, 1.807) is 18.2 Å². The third-order valence-electron chi connectivity index (χ3n) is 1.97. The Morgan fingerprint density at radius 3 is 2.14 bits per heavy atom. The third kappa shape index (κ3) is 1.80. The summed E-state index contributed by atoms with van der Waals surface area (Å²) in [6.45, 7) is 1.17. The van der Waals surface area contributed by atoms with Gasteiger partial charge < -0.3 is 10.2 Å². The number of Topliss-reactive ketones (excluding diaryl/α,β-unsaturated/α-hetero) is 1. The average Bonchev–Trinajstić information content (AvgIpc) is 2.18. The normalized spacial score (nSPS) is 14.4. The van der Waals surface area contributed by atoms with E-state index in [1.807, 2.05) is 0 Å². The average molecular weight is 194 g/mol. The van der Waals surface area contributed by atoms with Gasteiger partial charge in [0, 0.05) is 0 Å². The lowest BCUT2D eigenvalue weighted by atomic mass is 9.91. The molecule has 74 valence electrons. The molecule has 0 spiro atoms. The highest BCUT2D eigenvalue weighted by atomic mass is 16.4. The lowest BCUT2D eigenvalue weighted by molar-refractivity contribution is -0.158. The van der Waals surface area contributed by atoms with Crippen molar-refractivity contribution in [3.05, 3.63) is 35.9 Å². The summed E-state index contributed by atoms with van der Waals surface area (Å²) in [6, 6.07) is 7.96. The van der Waals surface area contributed by atoms with E-state index in [-0.39, 0.29) is 5.56 Å². The smallest absolute Gasteiger partial charge is 0.375 e. The molecule has 0 aromatic heterocycles. The second-order valence-electron chi connectivity index (χ2n) is 3.07. The number of hydrogen-bond acceptors (Lipinski definition) is 3. The Morgan fingerprint density at radius 2 is 1.71 bits per heavy atom. The molecule has 1 atom stereocenters. The maximum Gasteiger partial charge on any atom is 0.375 e. The number of aliphatic hydroxyl groups is 1. The van der Waals surface area contributed by atoms with Gasteiger partial charge in [0.25, 0.3) is 5.78 Å². The number of hydrogen-bond donors (Lipinski definition) is 2. The molecule has 1 unspecified atom stereocenters. The third-order valence-corrected chi connectivity index (χ3v) is 1.97. The molecule has 2 N–H and O–H groups in total. The van der Waals surface area contributed by atoms with E-state index >= 15 is 0 Å². The van der Waals surface area contributed by atoms with Crippen LogP contribution in [-0.4, -0.2) is 22.0 Å². The number of carboxylic acids is 1. The molecule has 14 heavy (non-hydrogen) atoms. The van der Waals surface area contributed by atoms with Gasteiger partial charge in [-0.25, -0.2) is 4.79 Å². The number of aliphatic carboxylic acids is 1. The first-order valence-corrected chi connectivity index (χ1v) is 4.02. The highest BCUT2D eigenvalue weighted by Gasteiger charge is 2.36. The Balaban J connectivity index is 3.08. The molecule has 1 rings (SSSR count). The van der Waals surface area contributed by atoms with Crippen molar-refractivity contribution in [3.8, 4) is 0 Å². The first kappa shape index (κ1) is 10.4. The van der Waals surface area contributed by atoms with E-state index in [0.717, 1.165) is 0 Å². The van der Waals surface area contributed by atoms with Gasteiger partial charge in [-0.05, 0) is 12.5 Å². The largest absolute Gasteiger partial charge is 0.475 e. The van der Waals surface area contributed by atoms with Crippen LogP contribution in [0.5, 0.6) is 0 Å². The van der Waals surface area contributed by atoms with Gasteiger partial charge in [0.15, 0.2) is 5.60 Å². The van der Waals surface area contributed by atoms with Gasteiger partial charge in [0.1, 0.15) is 0 Å². The van der Waals surface area contributed by atoms with Crippen molar-refractivity contribution in [2.24, 2.45) is 0 Å². The second kappa shape index (κ2) is 3.59. The Morgan fingerprint density at radius 1 is 1.21 bits per heavy atom. The lowest BCUT2D eigenvalue weighted by Gasteiger charge is -2.19. The molecule has 4 nitrogen and oxygen atoms in total. The topological polar surface area (TPSA) is 74.6 Å². The monoisotopic (exact) mass is 194 g/mol. The molecule has 0 aliphatic heterocycles. The fraction of sp³-hybridized carbons (Fsp3) is 0.200. The highest BCUT2D eigenvalue weighted by Crippen LogP contribution is 2.21. The number of benzene rings is 1. The Bertz CT molecular complexity index is 354. The van der Waals surface area contributed by atoms with E-state index in [4.69, 9.17) is 5.11 Å². The van der Waals surface area contributed by atoms with Crippen LogP contribution in [-0.2, 0) is 15.2 Å². The van der Waals surface area contributed by atoms with Crippen molar-refractivity contribution in [1.82, 2.24) is 0 Å². The second-order valence-corrected chi connectivity index (χ2v) is 3.07. The first-order chi connectivity index (χ1) is 6.46. The number of rotatable bonds is 3. The van der Waals surface area contributed by atoms with E-state index in [0.29, 0.717) is 0 Å². The fourth-order valence-corrected chi connectivity index (χ4v) is 1.10. The van der Waals surface area contributed by atoms with Crippen LogP contribution in [0.15, 0.2) is 30.3 Å². The summed E-state index contributed by atoms with van der Waals surface area (Å²) in [7, 11) is 0. The minimum absolute atomic E-state index is 0.271. The standard InChI is InChI=1S/C10H10O4/c1-10(14,8(11)9(12)13)7-5-3-2-4-6-7/h2-6,14H,1H3,(H,12,13). The van der Waals surface area contributed by atoms with Gasteiger partial charge >= 0.3 is 5.97 Å². The minimum Gasteiger partial charge on any atom is -0.475 e. The van der Waals surface area contributed by atoms with Gasteiger partial charge in [0.2, 0.25) is 0 Å². The molecule has 0 aliphatic rings. The number of carboxylic acid groups (broad SMARTS) is 1. The first-order valence-electron chi connectivity index (χ1n) is 4.02. The molecule has 4 heteroatoms. The highest BCUT2D eigenvalue weighted by molar-refractivity contribution is 6.35. The van der Waals surface area contributed by atoms with Gasteiger partial charge in [0.05, 0.1) is 0 Å². The zero-order valence-electron chi connectivity index (χ0n) is 7.60. The molecule has 0 saturated carbocycles. The summed E-state index contributed by atoms with van der Waals surface area (Å²) < 4.78 is 0. The molecule has 0 saturated heterocycles. The molecule has 0 radical (unpaired) electrons. The quantitative estimate of drug-likeness (QED) is 0.689. The van der Waals surface area contributed by atoms with Gasteiger partial charge in [-0.1, -0.05) is 30.3 Å². The fourth-order valence-electron chi connectivity index (χ4n) is 1.10. The summed E-state index contributed by atoms with van der Waals surface area (Å²) in [6.07, 6.45) is 0. The summed E-state index contributed by atoms with van der Waals surface area (Å²) in [4.78, 5) is 21.5. The zero-order valence-corrected chi connectivity index (χ0v) is 7.60. The minimum atomic E-state index is -1.97. The summed E-state index contributed by atoms with van der Waals surface area (Å²) >= 11 is 0. The van der Waals surface area contributed by atoms with E-state index in [9.17, 15) is 14.7 Å².